The minimum absolute atomic E-state index is 0.170. The van der Waals surface area contributed by atoms with Crippen molar-refractivity contribution in [2.45, 2.75) is 6.04 Å². The number of rotatable bonds is 4. The number of hydrogen-bond donors (Lipinski definition) is 1. The molecule has 2 heterocycles. The minimum atomic E-state index is -1.04. The summed E-state index contributed by atoms with van der Waals surface area (Å²) in [6.07, 6.45) is 0. The zero-order valence-electron chi connectivity index (χ0n) is 18.0. The van der Waals surface area contributed by atoms with Gasteiger partial charge in [0.05, 0.1) is 39.0 Å². The van der Waals surface area contributed by atoms with E-state index < -0.39 is 29.3 Å². The highest BCUT2D eigenvalue weighted by Gasteiger charge is 2.48. The second kappa shape index (κ2) is 8.96. The number of anilines is 1. The van der Waals surface area contributed by atoms with Crippen molar-refractivity contribution < 1.29 is 23.8 Å². The molecule has 0 radical (unpaired) electrons. The Morgan fingerprint density at radius 2 is 1.80 bits per heavy atom. The number of ether oxygens (including phenoxy) is 1. The molecular formula is C25H15Cl2FN2O4S. The summed E-state index contributed by atoms with van der Waals surface area (Å²) in [6, 6.07) is 13.9. The Balaban J connectivity index is 1.73. The van der Waals surface area contributed by atoms with Gasteiger partial charge in [-0.05, 0) is 60.2 Å². The highest BCUT2D eigenvalue weighted by molar-refractivity contribution is 7.22. The summed E-state index contributed by atoms with van der Waals surface area (Å²) in [7, 11) is 1.54. The second-order valence-corrected chi connectivity index (χ2v) is 9.50. The number of fused-ring (bicyclic) bond motifs is 1. The Kier molecular flexibility index (Phi) is 5.96. The van der Waals surface area contributed by atoms with E-state index >= 15 is 0 Å². The van der Waals surface area contributed by atoms with Gasteiger partial charge in [-0.1, -0.05) is 40.6 Å². The van der Waals surface area contributed by atoms with Crippen LogP contribution in [-0.4, -0.2) is 28.9 Å². The average molecular weight is 529 g/mol. The van der Waals surface area contributed by atoms with Gasteiger partial charge in [0.25, 0.3) is 5.78 Å². The predicted octanol–water partition coefficient (Wildman–Crippen LogP) is 6.38. The predicted molar refractivity (Wildman–Crippen MR) is 134 cm³/mol. The molecule has 6 nitrogen and oxygen atoms in total. The van der Waals surface area contributed by atoms with Crippen LogP contribution in [0.25, 0.3) is 16.0 Å². The lowest BCUT2D eigenvalue weighted by molar-refractivity contribution is -0.132. The molecule has 0 bridgehead atoms. The maximum Gasteiger partial charge on any atom is 0.301 e. The minimum Gasteiger partial charge on any atom is -0.507 e. The number of Topliss-reactive ketones (excluding diaryl/α,β-unsaturated/α-hetero) is 1. The van der Waals surface area contributed by atoms with Gasteiger partial charge in [-0.3, -0.25) is 14.5 Å². The fraction of sp³-hybridized carbons (Fsp3) is 0.0800. The molecule has 1 aliphatic heterocycles. The number of ketones is 1. The summed E-state index contributed by atoms with van der Waals surface area (Å²) in [5.41, 5.74) is 1.07. The summed E-state index contributed by atoms with van der Waals surface area (Å²) >= 11 is 13.5. The maximum atomic E-state index is 13.5. The van der Waals surface area contributed by atoms with Gasteiger partial charge >= 0.3 is 5.91 Å². The molecule has 1 fully saturated rings. The molecule has 0 aliphatic carbocycles. The van der Waals surface area contributed by atoms with E-state index in [4.69, 9.17) is 27.9 Å². The summed E-state index contributed by atoms with van der Waals surface area (Å²) < 4.78 is 19.5. The largest absolute Gasteiger partial charge is 0.507 e. The first kappa shape index (κ1) is 23.3. The van der Waals surface area contributed by atoms with Gasteiger partial charge in [0.1, 0.15) is 17.3 Å². The van der Waals surface area contributed by atoms with Crippen LogP contribution in [0, 0.1) is 5.82 Å². The number of aliphatic hydroxyl groups excluding tert-OH is 1. The van der Waals surface area contributed by atoms with E-state index in [1.165, 1.54) is 34.4 Å². The second-order valence-electron chi connectivity index (χ2n) is 7.68. The molecule has 3 aromatic carbocycles. The highest BCUT2D eigenvalue weighted by Crippen LogP contribution is 2.45. The van der Waals surface area contributed by atoms with Gasteiger partial charge < -0.3 is 9.84 Å². The van der Waals surface area contributed by atoms with Crippen molar-refractivity contribution in [2.75, 3.05) is 12.0 Å². The zero-order valence-corrected chi connectivity index (χ0v) is 20.3. The number of nitrogens with zero attached hydrogens (tertiary/aromatic N) is 2. The van der Waals surface area contributed by atoms with Crippen LogP contribution in [0.1, 0.15) is 17.2 Å². The third kappa shape index (κ3) is 4.03. The van der Waals surface area contributed by atoms with Gasteiger partial charge in [-0.25, -0.2) is 9.37 Å². The number of benzene rings is 3. The number of aliphatic hydroxyl groups is 1. The quantitative estimate of drug-likeness (QED) is 0.189. The third-order valence-electron chi connectivity index (χ3n) is 5.61. The van der Waals surface area contributed by atoms with E-state index in [0.29, 0.717) is 16.8 Å². The fourth-order valence-corrected chi connectivity index (χ4v) is 5.24. The average Bonchev–Trinajstić information content (AvgIpc) is 3.38. The van der Waals surface area contributed by atoms with Crippen LogP contribution in [0.2, 0.25) is 10.0 Å². The van der Waals surface area contributed by atoms with E-state index in [9.17, 15) is 19.1 Å². The van der Waals surface area contributed by atoms with Gasteiger partial charge in [-0.2, -0.15) is 0 Å². The Labute approximate surface area is 212 Å². The molecule has 1 saturated heterocycles. The van der Waals surface area contributed by atoms with E-state index in [1.54, 1.807) is 37.4 Å². The van der Waals surface area contributed by atoms with Crippen LogP contribution in [-0.2, 0) is 9.59 Å². The van der Waals surface area contributed by atoms with Gasteiger partial charge in [0.15, 0.2) is 5.13 Å². The molecule has 4 aromatic rings. The van der Waals surface area contributed by atoms with Crippen molar-refractivity contribution in [1.29, 1.82) is 0 Å². The summed E-state index contributed by atoms with van der Waals surface area (Å²) in [5, 5.41) is 11.9. The lowest BCUT2D eigenvalue weighted by atomic mass is 9.95. The van der Waals surface area contributed by atoms with Crippen LogP contribution in [0.5, 0.6) is 5.75 Å². The third-order valence-corrected chi connectivity index (χ3v) is 7.37. The standard InChI is InChI=1S/C25H15Cl2FN2O4S/c1-34-15-7-9-18-19(11-15)35-25(29-18)30-21(13-4-8-16(26)17(27)10-13)20(23(32)24(30)33)22(31)12-2-5-14(28)6-3-12/h2-11,21,31H,1H3/t21-/m1/s1. The van der Waals surface area contributed by atoms with Gasteiger partial charge in [0.2, 0.25) is 0 Å². The Hall–Kier alpha value is -3.46. The number of thiazole rings is 1. The summed E-state index contributed by atoms with van der Waals surface area (Å²) in [4.78, 5) is 32.3. The van der Waals surface area contributed by atoms with Crippen LogP contribution < -0.4 is 9.64 Å². The van der Waals surface area contributed by atoms with Crippen molar-refractivity contribution in [3.8, 4) is 5.75 Å². The molecule has 1 atom stereocenters. The lowest BCUT2D eigenvalue weighted by Crippen LogP contribution is -2.29. The first-order valence-corrected chi connectivity index (χ1v) is 11.8. The molecule has 35 heavy (non-hydrogen) atoms. The molecule has 0 saturated carbocycles. The van der Waals surface area contributed by atoms with Crippen LogP contribution in [0.15, 0.2) is 66.2 Å². The highest BCUT2D eigenvalue weighted by atomic mass is 35.5. The van der Waals surface area contributed by atoms with Gasteiger partial charge in [0, 0.05) is 5.56 Å². The number of methoxy groups -OCH3 is 1. The van der Waals surface area contributed by atoms with Crippen molar-refractivity contribution in [3.63, 3.8) is 0 Å². The van der Waals surface area contributed by atoms with Crippen LogP contribution >= 0.6 is 34.5 Å². The lowest BCUT2D eigenvalue weighted by Gasteiger charge is -2.23. The normalized spacial score (nSPS) is 17.4. The van der Waals surface area contributed by atoms with E-state index in [1.807, 2.05) is 0 Å². The smallest absolute Gasteiger partial charge is 0.301 e. The molecule has 1 aliphatic rings. The van der Waals surface area contributed by atoms with E-state index in [2.05, 4.69) is 4.98 Å². The van der Waals surface area contributed by atoms with Crippen molar-refractivity contribution in [1.82, 2.24) is 4.98 Å². The Bertz CT molecular complexity index is 1530. The van der Waals surface area contributed by atoms with E-state index in [0.717, 1.165) is 16.8 Å². The van der Waals surface area contributed by atoms with Crippen molar-refractivity contribution in [3.05, 3.63) is 93.2 Å². The summed E-state index contributed by atoms with van der Waals surface area (Å²) in [5.74, 6) is -2.10. The Morgan fingerprint density at radius 1 is 1.06 bits per heavy atom. The first-order valence-electron chi connectivity index (χ1n) is 10.2. The molecule has 176 valence electrons. The molecular weight excluding hydrogens is 514 g/mol. The maximum absolute atomic E-state index is 13.5. The molecule has 0 spiro atoms. The van der Waals surface area contributed by atoms with Crippen molar-refractivity contribution >= 4 is 67.3 Å². The number of aromatic nitrogens is 1. The molecule has 10 heteroatoms. The first-order chi connectivity index (χ1) is 16.8. The SMILES string of the molecule is COc1ccc2nc(N3C(=O)C(=O)C(=C(O)c4ccc(F)cc4)[C@H]3c3ccc(Cl)c(Cl)c3)sc2c1. The number of carbonyl (C=O) groups is 2. The molecule has 1 amide bonds. The molecule has 0 unspecified atom stereocenters. The molecule has 1 aromatic heterocycles. The Morgan fingerprint density at radius 3 is 2.49 bits per heavy atom. The number of carbonyl (C=O) groups excluding carboxylic acids is 2. The monoisotopic (exact) mass is 528 g/mol. The van der Waals surface area contributed by atoms with Crippen LogP contribution in [0.4, 0.5) is 9.52 Å². The zero-order chi connectivity index (χ0) is 24.9. The number of amides is 1. The fourth-order valence-electron chi connectivity index (χ4n) is 3.91. The van der Waals surface area contributed by atoms with Gasteiger partial charge in [-0.15, -0.1) is 0 Å². The van der Waals surface area contributed by atoms with Crippen molar-refractivity contribution in [2.24, 2.45) is 0 Å². The molecule has 5 rings (SSSR count). The number of halogens is 3. The number of hydrogen-bond acceptors (Lipinski definition) is 6. The molecule has 1 N–H and O–H groups in total. The van der Waals surface area contributed by atoms with Crippen LogP contribution in [0.3, 0.4) is 0 Å². The topological polar surface area (TPSA) is 79.7 Å². The summed E-state index contributed by atoms with van der Waals surface area (Å²) in [6.45, 7) is 0. The van der Waals surface area contributed by atoms with E-state index in [-0.39, 0.29) is 26.3 Å².